The molecule has 0 aliphatic carbocycles. The molecule has 0 amide bonds. The molecule has 1 aromatic carbocycles. The number of furan rings is 1. The first-order chi connectivity index (χ1) is 9.24. The van der Waals surface area contributed by atoms with Crippen molar-refractivity contribution in [1.82, 2.24) is 0 Å². The number of aromatic nitrogens is 1. The van der Waals surface area contributed by atoms with Crippen LogP contribution in [0.1, 0.15) is 11.3 Å². The SMILES string of the molecule is C[n+]1ccc(/C=C/c2ccco2)c2cc(Cl)ccc21.[Cl-]. The predicted octanol–water partition coefficient (Wildman–Crippen LogP) is 1.09. The largest absolute Gasteiger partial charge is 1.00 e. The summed E-state index contributed by atoms with van der Waals surface area (Å²) in [6.07, 6.45) is 7.70. The van der Waals surface area contributed by atoms with E-state index in [2.05, 4.69) is 10.6 Å². The molecule has 20 heavy (non-hydrogen) atoms. The van der Waals surface area contributed by atoms with Gasteiger partial charge < -0.3 is 16.8 Å². The highest BCUT2D eigenvalue weighted by Crippen LogP contribution is 2.22. The van der Waals surface area contributed by atoms with Crippen molar-refractivity contribution in [3.05, 3.63) is 65.2 Å². The van der Waals surface area contributed by atoms with E-state index in [1.54, 1.807) is 6.26 Å². The Hall–Kier alpha value is -1.77. The van der Waals surface area contributed by atoms with Crippen LogP contribution in [-0.2, 0) is 7.05 Å². The van der Waals surface area contributed by atoms with Crippen LogP contribution >= 0.6 is 11.6 Å². The summed E-state index contributed by atoms with van der Waals surface area (Å²) in [6, 6.07) is 11.8. The fourth-order valence-electron chi connectivity index (χ4n) is 2.11. The summed E-state index contributed by atoms with van der Waals surface area (Å²) in [6.45, 7) is 0. The normalized spacial score (nSPS) is 10.9. The second-order valence-corrected chi connectivity index (χ2v) is 4.83. The quantitative estimate of drug-likeness (QED) is 0.648. The first-order valence-corrected chi connectivity index (χ1v) is 6.41. The first kappa shape index (κ1) is 14.6. The topological polar surface area (TPSA) is 17.0 Å². The summed E-state index contributed by atoms with van der Waals surface area (Å²) in [5.41, 5.74) is 2.26. The van der Waals surface area contributed by atoms with Gasteiger partial charge in [0.15, 0.2) is 6.20 Å². The molecule has 0 N–H and O–H groups in total. The predicted molar refractivity (Wildman–Crippen MR) is 77.8 cm³/mol. The highest BCUT2D eigenvalue weighted by Gasteiger charge is 2.08. The maximum Gasteiger partial charge on any atom is 0.212 e. The Kier molecular flexibility index (Phi) is 4.48. The van der Waals surface area contributed by atoms with Gasteiger partial charge in [-0.2, -0.15) is 0 Å². The summed E-state index contributed by atoms with van der Waals surface area (Å²) >= 11 is 6.09. The monoisotopic (exact) mass is 305 g/mol. The Morgan fingerprint density at radius 2 is 2.00 bits per heavy atom. The highest BCUT2D eigenvalue weighted by atomic mass is 35.5. The van der Waals surface area contributed by atoms with Crippen molar-refractivity contribution in [1.29, 1.82) is 0 Å². The average molecular weight is 306 g/mol. The molecule has 3 rings (SSSR count). The Labute approximate surface area is 128 Å². The Bertz CT molecular complexity index is 749. The lowest BCUT2D eigenvalue weighted by atomic mass is 10.1. The molecule has 0 spiro atoms. The molecule has 102 valence electrons. The molecule has 0 aliphatic rings. The van der Waals surface area contributed by atoms with Gasteiger partial charge in [-0.3, -0.25) is 0 Å². The number of hydrogen-bond donors (Lipinski definition) is 0. The number of pyridine rings is 1. The maximum absolute atomic E-state index is 6.09. The lowest BCUT2D eigenvalue weighted by molar-refractivity contribution is -0.644. The molecule has 3 aromatic rings. The van der Waals surface area contributed by atoms with Crippen LogP contribution in [0.15, 0.2) is 53.3 Å². The van der Waals surface area contributed by atoms with E-state index in [1.807, 2.05) is 55.7 Å². The summed E-state index contributed by atoms with van der Waals surface area (Å²) in [4.78, 5) is 0. The summed E-state index contributed by atoms with van der Waals surface area (Å²) in [5.74, 6) is 0.836. The molecule has 0 fully saturated rings. The lowest BCUT2D eigenvalue weighted by Gasteiger charge is -2.01. The number of benzene rings is 1. The minimum Gasteiger partial charge on any atom is -1.00 e. The van der Waals surface area contributed by atoms with Crippen molar-refractivity contribution < 1.29 is 21.4 Å². The molecule has 2 heterocycles. The second-order valence-electron chi connectivity index (χ2n) is 4.39. The molecule has 2 nitrogen and oxygen atoms in total. The number of rotatable bonds is 2. The number of aryl methyl sites for hydroxylation is 1. The van der Waals surface area contributed by atoms with Crippen LogP contribution in [0.3, 0.4) is 0 Å². The summed E-state index contributed by atoms with van der Waals surface area (Å²) in [5, 5.41) is 1.87. The van der Waals surface area contributed by atoms with Gasteiger partial charge in [0.25, 0.3) is 0 Å². The fourth-order valence-corrected chi connectivity index (χ4v) is 2.28. The molecule has 0 bridgehead atoms. The van der Waals surface area contributed by atoms with Gasteiger partial charge in [-0.05, 0) is 35.9 Å². The van der Waals surface area contributed by atoms with Gasteiger partial charge in [0.1, 0.15) is 12.8 Å². The van der Waals surface area contributed by atoms with Gasteiger partial charge in [-0.1, -0.05) is 17.7 Å². The number of hydrogen-bond acceptors (Lipinski definition) is 1. The molecular weight excluding hydrogens is 293 g/mol. The van der Waals surface area contributed by atoms with Crippen molar-refractivity contribution in [3.8, 4) is 0 Å². The molecule has 0 unspecified atom stereocenters. The molecule has 0 saturated heterocycles. The van der Waals surface area contributed by atoms with E-state index < -0.39 is 0 Å². The van der Waals surface area contributed by atoms with Crippen molar-refractivity contribution in [2.75, 3.05) is 0 Å². The van der Waals surface area contributed by atoms with Crippen LogP contribution in [0.25, 0.3) is 23.1 Å². The van der Waals surface area contributed by atoms with Crippen LogP contribution in [0.2, 0.25) is 5.02 Å². The zero-order valence-corrected chi connectivity index (χ0v) is 12.4. The number of nitrogens with zero attached hydrogens (tertiary/aromatic N) is 1. The third-order valence-electron chi connectivity index (χ3n) is 3.10. The van der Waals surface area contributed by atoms with Crippen molar-refractivity contribution >= 4 is 34.7 Å². The second kappa shape index (κ2) is 6.12. The summed E-state index contributed by atoms with van der Waals surface area (Å²) < 4.78 is 7.38. The van der Waals surface area contributed by atoms with E-state index in [0.717, 1.165) is 27.2 Å². The Balaban J connectivity index is 0.00000147. The Morgan fingerprint density at radius 1 is 1.15 bits per heavy atom. The van der Waals surface area contributed by atoms with Crippen LogP contribution in [0.4, 0.5) is 0 Å². The molecule has 0 radical (unpaired) electrons. The smallest absolute Gasteiger partial charge is 0.212 e. The van der Waals surface area contributed by atoms with Crippen LogP contribution < -0.4 is 17.0 Å². The first-order valence-electron chi connectivity index (χ1n) is 6.03. The standard InChI is InChI=1S/C16H13ClNO.ClH/c1-18-9-8-12(4-6-14-3-2-10-19-14)15-11-13(17)5-7-16(15)18;/h2-11H,1H3;1H/q+1;/p-1/b6-4+;. The van der Waals surface area contributed by atoms with Gasteiger partial charge >= 0.3 is 0 Å². The number of fused-ring (bicyclic) bond motifs is 1. The third-order valence-corrected chi connectivity index (χ3v) is 3.33. The molecule has 4 heteroatoms. The van der Waals surface area contributed by atoms with E-state index in [1.165, 1.54) is 0 Å². The van der Waals surface area contributed by atoms with Crippen LogP contribution in [0, 0.1) is 0 Å². The maximum atomic E-state index is 6.09. The fraction of sp³-hybridized carbons (Fsp3) is 0.0625. The van der Waals surface area contributed by atoms with Gasteiger partial charge in [0.05, 0.1) is 11.6 Å². The van der Waals surface area contributed by atoms with Gasteiger partial charge in [0, 0.05) is 17.2 Å². The van der Waals surface area contributed by atoms with Crippen molar-refractivity contribution in [3.63, 3.8) is 0 Å². The van der Waals surface area contributed by atoms with Crippen molar-refractivity contribution in [2.45, 2.75) is 0 Å². The van der Waals surface area contributed by atoms with E-state index in [9.17, 15) is 0 Å². The molecule has 2 aromatic heterocycles. The van der Waals surface area contributed by atoms with E-state index >= 15 is 0 Å². The van der Waals surface area contributed by atoms with Gasteiger partial charge in [-0.25, -0.2) is 4.57 Å². The van der Waals surface area contributed by atoms with Gasteiger partial charge in [-0.15, -0.1) is 0 Å². The highest BCUT2D eigenvalue weighted by molar-refractivity contribution is 6.31. The van der Waals surface area contributed by atoms with Crippen molar-refractivity contribution in [2.24, 2.45) is 7.05 Å². The number of halogens is 2. The van der Waals surface area contributed by atoms with Crippen LogP contribution in [0.5, 0.6) is 0 Å². The lowest BCUT2D eigenvalue weighted by Crippen LogP contribution is -3.00. The summed E-state index contributed by atoms with van der Waals surface area (Å²) in [7, 11) is 2.02. The minimum absolute atomic E-state index is 0. The van der Waals surface area contributed by atoms with E-state index in [0.29, 0.717) is 0 Å². The van der Waals surface area contributed by atoms with Crippen LogP contribution in [-0.4, -0.2) is 0 Å². The third kappa shape index (κ3) is 2.87. The zero-order valence-electron chi connectivity index (χ0n) is 10.9. The molecule has 0 atom stereocenters. The zero-order chi connectivity index (χ0) is 13.2. The van der Waals surface area contributed by atoms with E-state index in [-0.39, 0.29) is 12.4 Å². The minimum atomic E-state index is 0. The van der Waals surface area contributed by atoms with Gasteiger partial charge in [0.2, 0.25) is 5.52 Å². The molecule has 0 aliphatic heterocycles. The molecule has 0 saturated carbocycles. The Morgan fingerprint density at radius 3 is 2.75 bits per heavy atom. The van der Waals surface area contributed by atoms with E-state index in [4.69, 9.17) is 16.0 Å². The molecular formula is C16H13Cl2NO. The average Bonchev–Trinajstić information content (AvgIpc) is 2.91.